The Hall–Kier alpha value is -2.90. The van der Waals surface area contributed by atoms with E-state index in [-0.39, 0.29) is 16.4 Å². The van der Waals surface area contributed by atoms with Gasteiger partial charge in [0.25, 0.3) is 5.56 Å². The van der Waals surface area contributed by atoms with Gasteiger partial charge in [0, 0.05) is 26.8 Å². The smallest absolute Gasteiger partial charge is 0.266 e. The Labute approximate surface area is 177 Å². The monoisotopic (exact) mass is 437 g/mol. The number of hydrogen-bond acceptors (Lipinski definition) is 5. The van der Waals surface area contributed by atoms with Crippen LogP contribution in [0.15, 0.2) is 69.0 Å². The van der Waals surface area contributed by atoms with Crippen LogP contribution < -0.4 is 10.3 Å². The van der Waals surface area contributed by atoms with Crippen molar-refractivity contribution >= 4 is 42.2 Å². The van der Waals surface area contributed by atoms with Crippen molar-refractivity contribution in [3.8, 4) is 16.9 Å². The van der Waals surface area contributed by atoms with E-state index in [1.54, 1.807) is 31.4 Å². The first-order chi connectivity index (χ1) is 14.4. The molecule has 0 radical (unpaired) electrons. The van der Waals surface area contributed by atoms with Gasteiger partial charge in [0.15, 0.2) is 0 Å². The molecule has 1 aliphatic carbocycles. The number of aromatic amines is 1. The number of thiophene rings is 1. The van der Waals surface area contributed by atoms with Crippen LogP contribution in [0.3, 0.4) is 0 Å². The minimum atomic E-state index is -3.54. The second kappa shape index (κ2) is 6.82. The van der Waals surface area contributed by atoms with Crippen LogP contribution in [0.4, 0.5) is 0 Å². The zero-order valence-electron chi connectivity index (χ0n) is 16.3. The molecule has 152 valence electrons. The van der Waals surface area contributed by atoms with Crippen molar-refractivity contribution < 1.29 is 13.2 Å². The quantitative estimate of drug-likeness (QED) is 0.470. The fraction of sp³-hybridized carbons (Fsp3) is 0.174. The number of fused-ring (bicyclic) bond motifs is 3. The Bertz CT molecular complexity index is 1470. The van der Waals surface area contributed by atoms with Crippen molar-refractivity contribution in [1.29, 1.82) is 0 Å². The minimum absolute atomic E-state index is 0.0801. The molecule has 2 aromatic carbocycles. The predicted molar refractivity (Wildman–Crippen MR) is 121 cm³/mol. The van der Waals surface area contributed by atoms with Crippen LogP contribution in [0.2, 0.25) is 0 Å². The largest absolute Gasteiger partial charge is 0.496 e. The van der Waals surface area contributed by atoms with Crippen molar-refractivity contribution in [2.24, 2.45) is 5.92 Å². The zero-order chi connectivity index (χ0) is 21.0. The zero-order valence-corrected chi connectivity index (χ0v) is 17.9. The lowest BCUT2D eigenvalue weighted by atomic mass is 9.97. The van der Waals surface area contributed by atoms with Gasteiger partial charge in [0.1, 0.15) is 10.4 Å². The van der Waals surface area contributed by atoms with Gasteiger partial charge in [-0.05, 0) is 60.0 Å². The van der Waals surface area contributed by atoms with E-state index in [2.05, 4.69) is 11.6 Å². The second-order valence-electron chi connectivity index (χ2n) is 7.45. The van der Waals surface area contributed by atoms with E-state index < -0.39 is 9.84 Å². The molecule has 2 heterocycles. The summed E-state index contributed by atoms with van der Waals surface area (Å²) < 4.78 is 31.9. The molecule has 1 aliphatic rings. The maximum Gasteiger partial charge on any atom is 0.266 e. The number of allylic oxidation sites excluding steroid dienone is 1. The van der Waals surface area contributed by atoms with Crippen LogP contribution in [-0.2, 0) is 9.84 Å². The Morgan fingerprint density at radius 3 is 2.53 bits per heavy atom. The molecule has 0 amide bonds. The number of aromatic nitrogens is 1. The maximum atomic E-state index is 12.8. The third-order valence-electron chi connectivity index (χ3n) is 5.61. The summed E-state index contributed by atoms with van der Waals surface area (Å²) in [6.07, 6.45) is 1.77. The number of benzene rings is 2. The highest BCUT2D eigenvalue weighted by atomic mass is 32.2. The summed E-state index contributed by atoms with van der Waals surface area (Å²) >= 11 is 1.39. The molecule has 30 heavy (non-hydrogen) atoms. The third-order valence-corrected chi connectivity index (χ3v) is 8.44. The van der Waals surface area contributed by atoms with Gasteiger partial charge in [-0.3, -0.25) is 4.79 Å². The van der Waals surface area contributed by atoms with E-state index in [4.69, 9.17) is 4.74 Å². The lowest BCUT2D eigenvalue weighted by molar-refractivity contribution is 0.417. The topological polar surface area (TPSA) is 76.2 Å². The van der Waals surface area contributed by atoms with Gasteiger partial charge in [0.05, 0.1) is 12.0 Å². The first kappa shape index (κ1) is 19.1. The molecule has 4 aromatic rings. The van der Waals surface area contributed by atoms with E-state index >= 15 is 0 Å². The fourth-order valence-electron chi connectivity index (χ4n) is 3.86. The maximum absolute atomic E-state index is 12.8. The van der Waals surface area contributed by atoms with Crippen LogP contribution in [0.5, 0.6) is 5.75 Å². The van der Waals surface area contributed by atoms with E-state index in [1.165, 1.54) is 11.3 Å². The van der Waals surface area contributed by atoms with Gasteiger partial charge >= 0.3 is 0 Å². The molecule has 1 N–H and O–H groups in total. The summed E-state index contributed by atoms with van der Waals surface area (Å²) in [7, 11) is -1.94. The molecule has 0 bridgehead atoms. The van der Waals surface area contributed by atoms with Gasteiger partial charge < -0.3 is 9.72 Å². The molecule has 0 aliphatic heterocycles. The van der Waals surface area contributed by atoms with Gasteiger partial charge in [-0.25, -0.2) is 8.42 Å². The Morgan fingerprint density at radius 1 is 1.13 bits per heavy atom. The number of ether oxygens (including phenoxy) is 1. The first-order valence-corrected chi connectivity index (χ1v) is 11.9. The van der Waals surface area contributed by atoms with Crippen molar-refractivity contribution in [2.75, 3.05) is 7.11 Å². The molecular weight excluding hydrogens is 418 g/mol. The lowest BCUT2D eigenvalue weighted by Gasteiger charge is -2.14. The molecule has 5 nitrogen and oxygen atoms in total. The highest BCUT2D eigenvalue weighted by Crippen LogP contribution is 2.42. The average molecular weight is 438 g/mol. The van der Waals surface area contributed by atoms with E-state index in [1.807, 2.05) is 23.6 Å². The lowest BCUT2D eigenvalue weighted by Crippen LogP contribution is -2.06. The van der Waals surface area contributed by atoms with Gasteiger partial charge in [-0.1, -0.05) is 18.7 Å². The number of H-pyrrole nitrogens is 1. The normalized spacial score (nSPS) is 14.3. The highest BCUT2D eigenvalue weighted by Gasteiger charge is 2.33. The highest BCUT2D eigenvalue weighted by molar-refractivity contribution is 7.95. The number of hydrogen-bond donors (Lipinski definition) is 1. The molecule has 1 saturated carbocycles. The van der Waals surface area contributed by atoms with Crippen molar-refractivity contribution in [1.82, 2.24) is 4.98 Å². The van der Waals surface area contributed by atoms with Gasteiger partial charge in [-0.15, -0.1) is 11.3 Å². The third kappa shape index (κ3) is 2.88. The SMILES string of the molecule is C=C(C1CC1)S(=O)(=O)c1ccc(-c2c(OC)ccc3[nH]c(=O)c4sccc4c23)cc1. The fourth-order valence-corrected chi connectivity index (χ4v) is 6.13. The predicted octanol–water partition coefficient (Wildman–Crippen LogP) is 5.12. The molecular formula is C23H19NO4S2. The first-order valence-electron chi connectivity index (χ1n) is 9.56. The van der Waals surface area contributed by atoms with Gasteiger partial charge in [0.2, 0.25) is 9.84 Å². The summed E-state index contributed by atoms with van der Waals surface area (Å²) in [4.78, 5) is 15.9. The summed E-state index contributed by atoms with van der Waals surface area (Å²) in [6.45, 7) is 3.81. The molecule has 5 rings (SSSR count). The Morgan fingerprint density at radius 2 is 1.87 bits per heavy atom. The Balaban J connectivity index is 1.72. The van der Waals surface area contributed by atoms with Crippen molar-refractivity contribution in [3.05, 3.63) is 69.7 Å². The summed E-state index contributed by atoms with van der Waals surface area (Å²) in [5.74, 6) is 0.733. The van der Waals surface area contributed by atoms with Crippen molar-refractivity contribution in [3.63, 3.8) is 0 Å². The van der Waals surface area contributed by atoms with E-state index in [9.17, 15) is 13.2 Å². The molecule has 0 atom stereocenters. The van der Waals surface area contributed by atoms with Crippen molar-refractivity contribution in [2.45, 2.75) is 17.7 Å². The molecule has 2 aromatic heterocycles. The number of nitrogens with one attached hydrogen (secondary N) is 1. The van der Waals surface area contributed by atoms with E-state index in [0.717, 1.165) is 34.7 Å². The van der Waals surface area contributed by atoms with Crippen LogP contribution in [0.1, 0.15) is 12.8 Å². The molecule has 0 saturated heterocycles. The molecule has 0 spiro atoms. The Kier molecular flexibility index (Phi) is 4.34. The second-order valence-corrected chi connectivity index (χ2v) is 10.4. The summed E-state index contributed by atoms with van der Waals surface area (Å²) in [5.41, 5.74) is 2.22. The van der Waals surface area contributed by atoms with Crippen LogP contribution in [0.25, 0.3) is 32.1 Å². The molecule has 0 unspecified atom stereocenters. The molecule has 7 heteroatoms. The van der Waals surface area contributed by atoms with Crippen LogP contribution in [-0.4, -0.2) is 20.5 Å². The van der Waals surface area contributed by atoms with Crippen LogP contribution in [0, 0.1) is 5.92 Å². The minimum Gasteiger partial charge on any atom is -0.496 e. The van der Waals surface area contributed by atoms with E-state index in [0.29, 0.717) is 20.9 Å². The average Bonchev–Trinajstić information content (AvgIpc) is 3.48. The van der Waals surface area contributed by atoms with Crippen LogP contribution >= 0.6 is 11.3 Å². The number of sulfone groups is 1. The molecule has 1 fully saturated rings. The standard InChI is InChI=1S/C23H19NO4S2/c1-13(14-3-4-14)30(26,27)16-7-5-15(6-8-16)20-19(28-2)10-9-18-21(20)17-11-12-29-22(17)23(25)24-18/h5-12,14H,1,3-4H2,2H3,(H,24,25). The number of methoxy groups -OCH3 is 1. The number of rotatable bonds is 5. The number of pyridine rings is 1. The van der Waals surface area contributed by atoms with Gasteiger partial charge in [-0.2, -0.15) is 0 Å². The summed E-state index contributed by atoms with van der Waals surface area (Å²) in [6, 6.07) is 12.4. The summed E-state index contributed by atoms with van der Waals surface area (Å²) in [5, 5.41) is 3.62.